The van der Waals surface area contributed by atoms with Crippen molar-refractivity contribution in [2.45, 2.75) is 6.04 Å². The predicted octanol–water partition coefficient (Wildman–Crippen LogP) is 1.34. The highest BCUT2D eigenvalue weighted by molar-refractivity contribution is 5.23. The summed E-state index contributed by atoms with van der Waals surface area (Å²) in [5.41, 5.74) is 5.47. The molecule has 0 fully saturated rings. The van der Waals surface area contributed by atoms with Crippen molar-refractivity contribution in [1.29, 1.82) is 0 Å². The number of methoxy groups -OCH3 is 1. The molecule has 3 nitrogen and oxygen atoms in total. The lowest BCUT2D eigenvalue weighted by Crippen LogP contribution is -2.31. The Morgan fingerprint density at radius 1 is 1.24 bits per heavy atom. The summed E-state index contributed by atoms with van der Waals surface area (Å²) in [5, 5.41) is 2.90. The first-order valence-corrected chi connectivity index (χ1v) is 5.17. The van der Waals surface area contributed by atoms with Crippen LogP contribution in [0.4, 0.5) is 13.2 Å². The molecule has 96 valence electrons. The quantitative estimate of drug-likeness (QED) is 0.590. The van der Waals surface area contributed by atoms with Gasteiger partial charge in [0.2, 0.25) is 0 Å². The zero-order valence-corrected chi connectivity index (χ0v) is 9.47. The molecule has 6 heteroatoms. The van der Waals surface area contributed by atoms with E-state index in [0.29, 0.717) is 19.2 Å². The lowest BCUT2D eigenvalue weighted by Gasteiger charge is -2.18. The van der Waals surface area contributed by atoms with E-state index in [9.17, 15) is 13.2 Å². The smallest absolute Gasteiger partial charge is 0.161 e. The van der Waals surface area contributed by atoms with E-state index < -0.39 is 23.5 Å². The van der Waals surface area contributed by atoms with Crippen LogP contribution in [-0.2, 0) is 4.74 Å². The van der Waals surface area contributed by atoms with Crippen molar-refractivity contribution >= 4 is 0 Å². The second-order valence-corrected chi connectivity index (χ2v) is 3.52. The van der Waals surface area contributed by atoms with Crippen LogP contribution in [0, 0.1) is 17.5 Å². The van der Waals surface area contributed by atoms with Crippen LogP contribution >= 0.6 is 0 Å². The standard InChI is InChI=1S/C11H15F3N2O/c1-17-3-2-16-11(6-15)7-4-9(13)10(14)5-8(7)12/h4-5,11,16H,2-3,6,15H2,1H3. The van der Waals surface area contributed by atoms with Crippen molar-refractivity contribution in [3.63, 3.8) is 0 Å². The summed E-state index contributed by atoms with van der Waals surface area (Å²) in [6.45, 7) is 0.935. The number of nitrogens with one attached hydrogen (secondary N) is 1. The topological polar surface area (TPSA) is 47.3 Å². The van der Waals surface area contributed by atoms with Gasteiger partial charge >= 0.3 is 0 Å². The first-order chi connectivity index (χ1) is 8.10. The Hall–Kier alpha value is -1.11. The molecule has 1 aromatic carbocycles. The third-order valence-corrected chi connectivity index (χ3v) is 2.35. The minimum Gasteiger partial charge on any atom is -0.383 e. The average molecular weight is 248 g/mol. The predicted molar refractivity (Wildman–Crippen MR) is 58.0 cm³/mol. The average Bonchev–Trinajstić information content (AvgIpc) is 2.30. The van der Waals surface area contributed by atoms with Crippen LogP contribution in [0.3, 0.4) is 0 Å². The van der Waals surface area contributed by atoms with Gasteiger partial charge in [0.1, 0.15) is 5.82 Å². The van der Waals surface area contributed by atoms with Gasteiger partial charge in [-0.3, -0.25) is 0 Å². The zero-order chi connectivity index (χ0) is 12.8. The van der Waals surface area contributed by atoms with Gasteiger partial charge in [-0.1, -0.05) is 0 Å². The van der Waals surface area contributed by atoms with Crippen molar-refractivity contribution in [2.75, 3.05) is 26.8 Å². The highest BCUT2D eigenvalue weighted by Crippen LogP contribution is 2.19. The van der Waals surface area contributed by atoms with Crippen LogP contribution in [0.1, 0.15) is 11.6 Å². The maximum atomic E-state index is 13.4. The van der Waals surface area contributed by atoms with Crippen LogP contribution in [0.2, 0.25) is 0 Å². The molecule has 0 heterocycles. The first kappa shape index (κ1) is 14.0. The summed E-state index contributed by atoms with van der Waals surface area (Å²) in [4.78, 5) is 0. The van der Waals surface area contributed by atoms with E-state index in [-0.39, 0.29) is 12.1 Å². The molecule has 0 radical (unpaired) electrons. The second-order valence-electron chi connectivity index (χ2n) is 3.52. The van der Waals surface area contributed by atoms with Gasteiger partial charge in [0, 0.05) is 37.9 Å². The number of nitrogens with two attached hydrogens (primary N) is 1. The molecule has 1 rings (SSSR count). The van der Waals surface area contributed by atoms with Gasteiger partial charge in [0.15, 0.2) is 11.6 Å². The summed E-state index contributed by atoms with van der Waals surface area (Å²) in [6, 6.07) is 0.771. The largest absolute Gasteiger partial charge is 0.383 e. The number of ether oxygens (including phenoxy) is 1. The third-order valence-electron chi connectivity index (χ3n) is 2.35. The maximum absolute atomic E-state index is 13.4. The van der Waals surface area contributed by atoms with Gasteiger partial charge in [0.05, 0.1) is 6.61 Å². The molecule has 0 amide bonds. The van der Waals surface area contributed by atoms with Gasteiger partial charge in [0.25, 0.3) is 0 Å². The van der Waals surface area contributed by atoms with Crippen LogP contribution in [0.25, 0.3) is 0 Å². The van der Waals surface area contributed by atoms with Gasteiger partial charge in [-0.15, -0.1) is 0 Å². The van der Waals surface area contributed by atoms with Gasteiger partial charge in [-0.2, -0.15) is 0 Å². The van der Waals surface area contributed by atoms with Crippen molar-refractivity contribution in [1.82, 2.24) is 5.32 Å². The SMILES string of the molecule is COCCNC(CN)c1cc(F)c(F)cc1F. The lowest BCUT2D eigenvalue weighted by atomic mass is 10.1. The van der Waals surface area contributed by atoms with Gasteiger partial charge in [-0.05, 0) is 6.07 Å². The molecule has 0 bridgehead atoms. The highest BCUT2D eigenvalue weighted by atomic mass is 19.2. The molecule has 0 aliphatic heterocycles. The van der Waals surface area contributed by atoms with E-state index in [1.54, 1.807) is 0 Å². The molecule has 0 aliphatic carbocycles. The molecule has 3 N–H and O–H groups in total. The molecule has 17 heavy (non-hydrogen) atoms. The van der Waals surface area contributed by atoms with E-state index in [2.05, 4.69) is 5.32 Å². The summed E-state index contributed by atoms with van der Waals surface area (Å²) in [6.07, 6.45) is 0. The molecule has 1 unspecified atom stereocenters. The van der Waals surface area contributed by atoms with Crippen LogP contribution in [-0.4, -0.2) is 26.8 Å². The van der Waals surface area contributed by atoms with Crippen molar-refractivity contribution in [3.8, 4) is 0 Å². The fraction of sp³-hybridized carbons (Fsp3) is 0.455. The third kappa shape index (κ3) is 3.69. The van der Waals surface area contributed by atoms with Crippen molar-refractivity contribution in [3.05, 3.63) is 35.1 Å². The van der Waals surface area contributed by atoms with E-state index in [0.717, 1.165) is 6.07 Å². The van der Waals surface area contributed by atoms with Crippen LogP contribution in [0.5, 0.6) is 0 Å². The zero-order valence-electron chi connectivity index (χ0n) is 9.47. The van der Waals surface area contributed by atoms with E-state index >= 15 is 0 Å². The fourth-order valence-electron chi connectivity index (χ4n) is 1.46. The second kappa shape index (κ2) is 6.58. The Labute approximate surface area is 97.8 Å². The number of hydrogen-bond acceptors (Lipinski definition) is 3. The summed E-state index contributed by atoms with van der Waals surface area (Å²) in [7, 11) is 1.53. The summed E-state index contributed by atoms with van der Waals surface area (Å²) in [5.74, 6) is -3.11. The minimum atomic E-state index is -1.21. The molecule has 1 atom stereocenters. The van der Waals surface area contributed by atoms with Gasteiger partial charge in [-0.25, -0.2) is 13.2 Å². The van der Waals surface area contributed by atoms with Gasteiger partial charge < -0.3 is 15.8 Å². The fourth-order valence-corrected chi connectivity index (χ4v) is 1.46. The highest BCUT2D eigenvalue weighted by Gasteiger charge is 2.17. The van der Waals surface area contributed by atoms with Crippen molar-refractivity contribution in [2.24, 2.45) is 5.73 Å². The molecule has 0 saturated heterocycles. The van der Waals surface area contributed by atoms with Crippen LogP contribution in [0.15, 0.2) is 12.1 Å². The first-order valence-electron chi connectivity index (χ1n) is 5.17. The Bertz CT molecular complexity index is 374. The van der Waals surface area contributed by atoms with Crippen molar-refractivity contribution < 1.29 is 17.9 Å². The Balaban J connectivity index is 2.84. The maximum Gasteiger partial charge on any atom is 0.161 e. The normalized spacial score (nSPS) is 12.8. The number of rotatable bonds is 6. The molecular weight excluding hydrogens is 233 g/mol. The Morgan fingerprint density at radius 2 is 1.88 bits per heavy atom. The lowest BCUT2D eigenvalue weighted by molar-refractivity contribution is 0.195. The monoisotopic (exact) mass is 248 g/mol. The molecule has 0 spiro atoms. The molecule has 0 aliphatic rings. The number of hydrogen-bond donors (Lipinski definition) is 2. The molecular formula is C11H15F3N2O. The Kier molecular flexibility index (Phi) is 5.40. The number of halogens is 3. The van der Waals surface area contributed by atoms with E-state index in [4.69, 9.17) is 10.5 Å². The summed E-state index contributed by atoms with van der Waals surface area (Å²) >= 11 is 0. The summed E-state index contributed by atoms with van der Waals surface area (Å²) < 4.78 is 44.0. The van der Waals surface area contributed by atoms with E-state index in [1.807, 2.05) is 0 Å². The minimum absolute atomic E-state index is 0.0162. The number of benzene rings is 1. The molecule has 1 aromatic rings. The Morgan fingerprint density at radius 3 is 2.47 bits per heavy atom. The van der Waals surface area contributed by atoms with E-state index in [1.165, 1.54) is 7.11 Å². The van der Waals surface area contributed by atoms with Crippen LogP contribution < -0.4 is 11.1 Å². The molecule has 0 aromatic heterocycles. The molecule has 0 saturated carbocycles.